The second-order valence-corrected chi connectivity index (χ2v) is 2.87. The summed E-state index contributed by atoms with van der Waals surface area (Å²) in [6, 6.07) is -0.527. The molecular weight excluding hydrogens is 218 g/mol. The van der Waals surface area contributed by atoms with Crippen LogP contribution in [0.25, 0.3) is 0 Å². The quantitative estimate of drug-likeness (QED) is 0.470. The number of nitrogens with one attached hydrogen (secondary N) is 1. The summed E-state index contributed by atoms with van der Waals surface area (Å²) in [4.78, 5) is 10.3. The summed E-state index contributed by atoms with van der Waals surface area (Å²) in [7, 11) is 0. The highest BCUT2D eigenvalue weighted by molar-refractivity contribution is 9.09. The largest absolute Gasteiger partial charge is 0.480 e. The average Bonchev–Trinajstić information content (AvgIpc) is 1.89. The Balaban J connectivity index is 3.50. The highest BCUT2D eigenvalue weighted by atomic mass is 79.9. The molecule has 0 aliphatic carbocycles. The molecule has 3 nitrogen and oxygen atoms in total. The fraction of sp³-hybridized carbons (Fsp3) is 0.800. The third kappa shape index (κ3) is 4.14. The molecule has 0 aromatic heterocycles. The number of carboxylic acids is 1. The maximum absolute atomic E-state index is 10.3. The van der Waals surface area contributed by atoms with Gasteiger partial charge in [0, 0.05) is 17.6 Å². The van der Waals surface area contributed by atoms with Crippen LogP contribution in [0, 0.1) is 0 Å². The maximum atomic E-state index is 10.3. The number of hydrogen-bond donors (Lipinski definition) is 3. The first-order valence-electron chi connectivity index (χ1n) is 2.85. The molecule has 0 aliphatic heterocycles. The molecule has 0 saturated carbocycles. The monoisotopic (exact) mass is 227 g/mol. The molecule has 60 valence electrons. The van der Waals surface area contributed by atoms with E-state index in [0.717, 1.165) is 5.33 Å². The minimum absolute atomic E-state index is 0.322. The Bertz CT molecular complexity index is 112. The number of carbonyl (C=O) groups is 1. The third-order valence-corrected chi connectivity index (χ3v) is 1.73. The van der Waals surface area contributed by atoms with Gasteiger partial charge in [0.25, 0.3) is 0 Å². The normalized spacial score (nSPS) is 13.0. The molecule has 0 rings (SSSR count). The van der Waals surface area contributed by atoms with Crippen molar-refractivity contribution >= 4 is 34.5 Å². The van der Waals surface area contributed by atoms with E-state index in [1.165, 1.54) is 0 Å². The lowest BCUT2D eigenvalue weighted by Crippen LogP contribution is -2.39. The van der Waals surface area contributed by atoms with Gasteiger partial charge in [-0.05, 0) is 0 Å². The summed E-state index contributed by atoms with van der Waals surface area (Å²) in [5.74, 6) is -0.529. The van der Waals surface area contributed by atoms with Crippen molar-refractivity contribution in [3.8, 4) is 0 Å². The second-order valence-electron chi connectivity index (χ2n) is 1.72. The molecule has 2 N–H and O–H groups in total. The molecule has 0 aromatic rings. The minimum Gasteiger partial charge on any atom is -0.480 e. The van der Waals surface area contributed by atoms with E-state index in [0.29, 0.717) is 12.3 Å². The summed E-state index contributed by atoms with van der Waals surface area (Å²) in [6.45, 7) is 0.650. The number of alkyl halides is 1. The van der Waals surface area contributed by atoms with Gasteiger partial charge in [0.1, 0.15) is 6.04 Å². The number of hydrogen-bond acceptors (Lipinski definition) is 3. The molecule has 0 radical (unpaired) electrons. The Kier molecular flexibility index (Phi) is 6.16. The summed E-state index contributed by atoms with van der Waals surface area (Å²) in [6.07, 6.45) is 0. The topological polar surface area (TPSA) is 49.3 Å². The minimum atomic E-state index is -0.851. The fourth-order valence-corrected chi connectivity index (χ4v) is 0.973. The van der Waals surface area contributed by atoms with Gasteiger partial charge in [0.05, 0.1) is 0 Å². The van der Waals surface area contributed by atoms with Crippen LogP contribution in [0.5, 0.6) is 0 Å². The zero-order valence-electron chi connectivity index (χ0n) is 5.38. The third-order valence-electron chi connectivity index (χ3n) is 0.966. The number of carboxylic acid groups (broad SMARTS) is 1. The predicted octanol–water partition coefficient (Wildman–Crippen LogP) is 0.354. The van der Waals surface area contributed by atoms with Gasteiger partial charge < -0.3 is 10.4 Å². The molecule has 0 saturated heterocycles. The second kappa shape index (κ2) is 6.00. The molecule has 0 aliphatic rings. The number of halogens is 1. The summed E-state index contributed by atoms with van der Waals surface area (Å²) < 4.78 is 0. The van der Waals surface area contributed by atoms with Crippen LogP contribution >= 0.6 is 28.6 Å². The van der Waals surface area contributed by atoms with Crippen LogP contribution < -0.4 is 5.32 Å². The molecule has 0 aromatic carbocycles. The highest BCUT2D eigenvalue weighted by Crippen LogP contribution is 1.88. The molecule has 0 amide bonds. The smallest absolute Gasteiger partial charge is 0.321 e. The van der Waals surface area contributed by atoms with Gasteiger partial charge in [-0.2, -0.15) is 12.6 Å². The van der Waals surface area contributed by atoms with Crippen LogP contribution in [0.4, 0.5) is 0 Å². The van der Waals surface area contributed by atoms with Crippen LogP contribution in [-0.4, -0.2) is 34.7 Å². The summed E-state index contributed by atoms with van der Waals surface area (Å²) in [5.41, 5.74) is 0. The lowest BCUT2D eigenvalue weighted by Gasteiger charge is -2.09. The van der Waals surface area contributed by atoms with E-state index in [1.807, 2.05) is 0 Å². The van der Waals surface area contributed by atoms with Gasteiger partial charge in [-0.1, -0.05) is 15.9 Å². The van der Waals surface area contributed by atoms with Gasteiger partial charge >= 0.3 is 5.97 Å². The van der Waals surface area contributed by atoms with Crippen LogP contribution in [-0.2, 0) is 4.79 Å². The molecule has 1 atom stereocenters. The van der Waals surface area contributed by atoms with Crippen molar-refractivity contribution in [2.75, 3.05) is 17.6 Å². The SMILES string of the molecule is O=C(O)[C@H](CS)NCCBr. The number of aliphatic carboxylic acids is 1. The molecule has 10 heavy (non-hydrogen) atoms. The first-order chi connectivity index (χ1) is 4.72. The Hall–Kier alpha value is 0.260. The van der Waals surface area contributed by atoms with Crippen molar-refractivity contribution in [2.24, 2.45) is 0 Å². The molecule has 0 bridgehead atoms. The van der Waals surface area contributed by atoms with E-state index in [4.69, 9.17) is 5.11 Å². The van der Waals surface area contributed by atoms with Gasteiger partial charge in [-0.3, -0.25) is 4.79 Å². The fourth-order valence-electron chi connectivity index (χ4n) is 0.459. The molecule has 0 fully saturated rings. The van der Waals surface area contributed by atoms with Gasteiger partial charge in [0.15, 0.2) is 0 Å². The van der Waals surface area contributed by atoms with Crippen LogP contribution in [0.2, 0.25) is 0 Å². The number of thiol groups is 1. The zero-order chi connectivity index (χ0) is 7.98. The lowest BCUT2D eigenvalue weighted by atomic mass is 10.3. The Labute approximate surface area is 73.7 Å². The van der Waals surface area contributed by atoms with Gasteiger partial charge in [0.2, 0.25) is 0 Å². The first kappa shape index (κ1) is 10.3. The first-order valence-corrected chi connectivity index (χ1v) is 4.60. The Morgan fingerprint density at radius 3 is 2.70 bits per heavy atom. The van der Waals surface area contributed by atoms with Crippen molar-refractivity contribution in [1.29, 1.82) is 0 Å². The van der Waals surface area contributed by atoms with E-state index in [2.05, 4.69) is 33.9 Å². The summed E-state index contributed by atoms with van der Waals surface area (Å²) in [5, 5.41) is 12.0. The molecular formula is C5H10BrNO2S. The zero-order valence-corrected chi connectivity index (χ0v) is 7.86. The van der Waals surface area contributed by atoms with Gasteiger partial charge in [-0.15, -0.1) is 0 Å². The van der Waals surface area contributed by atoms with Crippen LogP contribution in [0.15, 0.2) is 0 Å². The van der Waals surface area contributed by atoms with E-state index in [9.17, 15) is 4.79 Å². The molecule has 0 heterocycles. The highest BCUT2D eigenvalue weighted by Gasteiger charge is 2.12. The van der Waals surface area contributed by atoms with Crippen LogP contribution in [0.1, 0.15) is 0 Å². The van der Waals surface area contributed by atoms with Crippen molar-refractivity contribution in [1.82, 2.24) is 5.32 Å². The molecule has 0 spiro atoms. The van der Waals surface area contributed by atoms with E-state index >= 15 is 0 Å². The van der Waals surface area contributed by atoms with Crippen molar-refractivity contribution in [2.45, 2.75) is 6.04 Å². The van der Waals surface area contributed by atoms with E-state index < -0.39 is 12.0 Å². The molecule has 0 unspecified atom stereocenters. The van der Waals surface area contributed by atoms with Crippen molar-refractivity contribution in [3.05, 3.63) is 0 Å². The lowest BCUT2D eigenvalue weighted by molar-refractivity contribution is -0.138. The Morgan fingerprint density at radius 1 is 1.80 bits per heavy atom. The summed E-state index contributed by atoms with van der Waals surface area (Å²) >= 11 is 7.04. The van der Waals surface area contributed by atoms with E-state index in [-0.39, 0.29) is 0 Å². The standard InChI is InChI=1S/C5H10BrNO2S/c6-1-2-7-4(3-10)5(8)9/h4,7,10H,1-3H2,(H,8,9)/t4-/m0/s1. The maximum Gasteiger partial charge on any atom is 0.321 e. The molecule has 5 heteroatoms. The van der Waals surface area contributed by atoms with Gasteiger partial charge in [-0.25, -0.2) is 0 Å². The number of rotatable bonds is 5. The van der Waals surface area contributed by atoms with Crippen molar-refractivity contribution in [3.63, 3.8) is 0 Å². The predicted molar refractivity (Wildman–Crippen MR) is 47.1 cm³/mol. The van der Waals surface area contributed by atoms with Crippen LogP contribution in [0.3, 0.4) is 0 Å². The van der Waals surface area contributed by atoms with Crippen molar-refractivity contribution < 1.29 is 9.90 Å². The Morgan fingerprint density at radius 2 is 2.40 bits per heavy atom. The average molecular weight is 228 g/mol. The van der Waals surface area contributed by atoms with E-state index in [1.54, 1.807) is 0 Å².